The molecule has 0 radical (unpaired) electrons. The molecule has 1 fully saturated rings. The highest BCUT2D eigenvalue weighted by atomic mass is 16.4. The quantitative estimate of drug-likeness (QED) is 0.541. The smallest absolute Gasteiger partial charge is 0.336 e. The second-order valence-electron chi connectivity index (χ2n) is 8.05. The molecule has 2 nitrogen and oxygen atoms in total. The van der Waals surface area contributed by atoms with Crippen molar-refractivity contribution in [2.75, 3.05) is 0 Å². The van der Waals surface area contributed by atoms with Crippen molar-refractivity contribution < 1.29 is 9.90 Å². The normalized spacial score (nSPS) is 19.8. The van der Waals surface area contributed by atoms with Crippen molar-refractivity contribution in [2.45, 2.75) is 64.7 Å². The molecule has 1 saturated carbocycles. The summed E-state index contributed by atoms with van der Waals surface area (Å²) in [6, 6.07) is 14.2. The highest BCUT2D eigenvalue weighted by Crippen LogP contribution is 2.37. The van der Waals surface area contributed by atoms with Gasteiger partial charge in [-0.1, -0.05) is 69.2 Å². The highest BCUT2D eigenvalue weighted by molar-refractivity contribution is 5.96. The Bertz CT molecular complexity index is 809. The van der Waals surface area contributed by atoms with Gasteiger partial charge in [0.2, 0.25) is 0 Å². The van der Waals surface area contributed by atoms with Crippen LogP contribution >= 0.6 is 0 Å². The van der Waals surface area contributed by atoms with Crippen molar-refractivity contribution in [1.29, 1.82) is 0 Å². The Morgan fingerprint density at radius 1 is 1.04 bits per heavy atom. The Morgan fingerprint density at radius 3 is 2.36 bits per heavy atom. The molecule has 2 aromatic carbocycles. The number of carbonyl (C=O) groups is 1. The summed E-state index contributed by atoms with van der Waals surface area (Å²) in [6.45, 7) is 4.45. The van der Waals surface area contributed by atoms with Gasteiger partial charge in [0.15, 0.2) is 0 Å². The van der Waals surface area contributed by atoms with Crippen LogP contribution in [0.4, 0.5) is 0 Å². The molecule has 28 heavy (non-hydrogen) atoms. The maximum absolute atomic E-state index is 11.7. The van der Waals surface area contributed by atoms with Crippen molar-refractivity contribution in [2.24, 2.45) is 5.92 Å². The maximum atomic E-state index is 11.7. The summed E-state index contributed by atoms with van der Waals surface area (Å²) in [6.07, 6.45) is 12.9. The summed E-state index contributed by atoms with van der Waals surface area (Å²) in [4.78, 5) is 11.7. The van der Waals surface area contributed by atoms with E-state index in [0.29, 0.717) is 11.5 Å². The van der Waals surface area contributed by atoms with Gasteiger partial charge in [-0.15, -0.1) is 0 Å². The number of hydrogen-bond acceptors (Lipinski definition) is 1. The number of unbranched alkanes of at least 4 members (excludes halogenated alkanes) is 1. The molecule has 148 valence electrons. The Labute approximate surface area is 169 Å². The van der Waals surface area contributed by atoms with E-state index in [9.17, 15) is 9.90 Å². The molecule has 0 saturated heterocycles. The lowest BCUT2D eigenvalue weighted by Crippen LogP contribution is -2.12. The number of rotatable bonds is 7. The third kappa shape index (κ3) is 4.92. The average molecular weight is 377 g/mol. The van der Waals surface area contributed by atoms with E-state index < -0.39 is 5.97 Å². The minimum atomic E-state index is -0.874. The predicted molar refractivity (Wildman–Crippen MR) is 118 cm³/mol. The predicted octanol–water partition coefficient (Wildman–Crippen LogP) is 7.55. The fourth-order valence-electron chi connectivity index (χ4n) is 4.32. The first-order valence-corrected chi connectivity index (χ1v) is 10.8. The second-order valence-corrected chi connectivity index (χ2v) is 8.05. The molecule has 0 amide bonds. The Kier molecular flexibility index (Phi) is 7.08. The average Bonchev–Trinajstić information content (AvgIpc) is 2.74. The molecule has 3 rings (SSSR count). The van der Waals surface area contributed by atoms with Gasteiger partial charge in [-0.25, -0.2) is 4.79 Å². The second kappa shape index (κ2) is 9.73. The largest absolute Gasteiger partial charge is 0.478 e. The van der Waals surface area contributed by atoms with Crippen molar-refractivity contribution >= 4 is 12.0 Å². The van der Waals surface area contributed by atoms with Crippen molar-refractivity contribution in [3.63, 3.8) is 0 Å². The van der Waals surface area contributed by atoms with Crippen LogP contribution in [0.25, 0.3) is 17.2 Å². The molecule has 0 atom stereocenters. The Balaban J connectivity index is 1.83. The number of carboxylic acids is 1. The summed E-state index contributed by atoms with van der Waals surface area (Å²) in [7, 11) is 0. The molecule has 2 aromatic rings. The molecule has 1 aliphatic rings. The van der Waals surface area contributed by atoms with Crippen LogP contribution in [-0.2, 0) is 0 Å². The zero-order valence-electron chi connectivity index (χ0n) is 17.2. The van der Waals surface area contributed by atoms with Crippen molar-refractivity contribution in [3.05, 3.63) is 65.2 Å². The van der Waals surface area contributed by atoms with Crippen LogP contribution in [-0.4, -0.2) is 11.1 Å². The molecule has 0 unspecified atom stereocenters. The van der Waals surface area contributed by atoms with E-state index in [1.54, 1.807) is 6.07 Å². The number of carboxylic acid groups (broad SMARTS) is 1. The molecule has 0 aliphatic heterocycles. The highest BCUT2D eigenvalue weighted by Gasteiger charge is 2.21. The van der Waals surface area contributed by atoms with E-state index in [-0.39, 0.29) is 0 Å². The van der Waals surface area contributed by atoms with E-state index in [1.165, 1.54) is 37.7 Å². The van der Waals surface area contributed by atoms with Crippen LogP contribution in [0.15, 0.2) is 48.5 Å². The van der Waals surface area contributed by atoms with Crippen molar-refractivity contribution in [3.8, 4) is 11.1 Å². The van der Waals surface area contributed by atoms with Crippen LogP contribution < -0.4 is 0 Å². The van der Waals surface area contributed by atoms with Gasteiger partial charge in [0.1, 0.15) is 0 Å². The first kappa shape index (κ1) is 20.4. The topological polar surface area (TPSA) is 37.3 Å². The molecule has 1 aliphatic carbocycles. The summed E-state index contributed by atoms with van der Waals surface area (Å²) >= 11 is 0. The minimum Gasteiger partial charge on any atom is -0.478 e. The summed E-state index contributed by atoms with van der Waals surface area (Å²) < 4.78 is 0. The van der Waals surface area contributed by atoms with E-state index in [2.05, 4.69) is 50.3 Å². The van der Waals surface area contributed by atoms with Crippen LogP contribution in [0.5, 0.6) is 0 Å². The molecule has 0 heterocycles. The molecule has 2 heteroatoms. The van der Waals surface area contributed by atoms with Crippen LogP contribution in [0, 0.1) is 5.92 Å². The Morgan fingerprint density at radius 2 is 1.75 bits per heavy atom. The van der Waals surface area contributed by atoms with Gasteiger partial charge in [0, 0.05) is 0 Å². The van der Waals surface area contributed by atoms with Gasteiger partial charge in [0.25, 0.3) is 0 Å². The van der Waals surface area contributed by atoms with Crippen molar-refractivity contribution in [1.82, 2.24) is 0 Å². The SMILES string of the molecule is CCCC=Cc1ccc(C(=O)O)c(-c2ccc(C3CCC(CC)CC3)cc2)c1. The maximum Gasteiger partial charge on any atom is 0.336 e. The molecule has 0 aromatic heterocycles. The minimum absolute atomic E-state index is 0.365. The van der Waals surface area contributed by atoms with E-state index in [1.807, 2.05) is 12.1 Å². The zero-order valence-corrected chi connectivity index (χ0v) is 17.2. The molecular weight excluding hydrogens is 344 g/mol. The third-order valence-corrected chi connectivity index (χ3v) is 6.16. The molecule has 1 N–H and O–H groups in total. The van der Waals surface area contributed by atoms with Gasteiger partial charge in [-0.3, -0.25) is 0 Å². The molecule has 0 bridgehead atoms. The monoisotopic (exact) mass is 376 g/mol. The van der Waals surface area contributed by atoms with E-state index in [4.69, 9.17) is 0 Å². The fraction of sp³-hybridized carbons (Fsp3) is 0.423. The van der Waals surface area contributed by atoms with Gasteiger partial charge in [-0.2, -0.15) is 0 Å². The number of hydrogen-bond donors (Lipinski definition) is 1. The zero-order chi connectivity index (χ0) is 19.9. The van der Waals surface area contributed by atoms with Gasteiger partial charge in [-0.05, 0) is 78.3 Å². The summed E-state index contributed by atoms with van der Waals surface area (Å²) in [5.41, 5.74) is 4.59. The van der Waals surface area contributed by atoms with E-state index >= 15 is 0 Å². The lowest BCUT2D eigenvalue weighted by Gasteiger charge is -2.28. The summed E-state index contributed by atoms with van der Waals surface area (Å²) in [5, 5.41) is 9.62. The van der Waals surface area contributed by atoms with Crippen LogP contribution in [0.1, 0.15) is 86.2 Å². The lowest BCUT2D eigenvalue weighted by molar-refractivity contribution is 0.0697. The first-order chi connectivity index (χ1) is 13.6. The number of aromatic carboxylic acids is 1. The fourth-order valence-corrected chi connectivity index (χ4v) is 4.32. The van der Waals surface area contributed by atoms with Gasteiger partial charge in [0.05, 0.1) is 5.56 Å². The Hall–Kier alpha value is -2.35. The van der Waals surface area contributed by atoms with Crippen LogP contribution in [0.3, 0.4) is 0 Å². The first-order valence-electron chi connectivity index (χ1n) is 10.8. The molecular formula is C26H32O2. The van der Waals surface area contributed by atoms with Gasteiger partial charge < -0.3 is 5.11 Å². The van der Waals surface area contributed by atoms with Gasteiger partial charge >= 0.3 is 5.97 Å². The van der Waals surface area contributed by atoms with E-state index in [0.717, 1.165) is 35.4 Å². The third-order valence-electron chi connectivity index (χ3n) is 6.16. The van der Waals surface area contributed by atoms with Crippen LogP contribution in [0.2, 0.25) is 0 Å². The lowest BCUT2D eigenvalue weighted by atomic mass is 9.77. The standard InChI is InChI=1S/C26H32O2/c1-3-5-6-7-20-10-17-24(26(27)28)25(18-20)23-15-13-22(14-16-23)21-11-8-19(4-2)9-12-21/h6-7,10,13-19,21H,3-5,8-9,11-12H2,1-2H3,(H,27,28). The number of benzene rings is 2. The summed E-state index contributed by atoms with van der Waals surface area (Å²) in [5.74, 6) is 0.678. The molecule has 0 spiro atoms. The number of allylic oxidation sites excluding steroid dienone is 1.